The van der Waals surface area contributed by atoms with Crippen LogP contribution >= 0.6 is 0 Å². The maximum atomic E-state index is 13.2. The number of aromatic nitrogens is 2. The van der Waals surface area contributed by atoms with Crippen LogP contribution in [0, 0.1) is 11.8 Å². The molecule has 0 radical (unpaired) electrons. The molecule has 0 aliphatic carbocycles. The highest BCUT2D eigenvalue weighted by atomic mass is 16.5. The van der Waals surface area contributed by atoms with Crippen molar-refractivity contribution in [2.45, 2.75) is 32.5 Å². The van der Waals surface area contributed by atoms with E-state index < -0.39 is 11.3 Å². The average molecular weight is 530 g/mol. The predicted octanol–water partition coefficient (Wildman–Crippen LogP) is 2.64. The Morgan fingerprint density at radius 2 is 1.77 bits per heavy atom. The number of benzene rings is 2. The summed E-state index contributed by atoms with van der Waals surface area (Å²) in [5, 5.41) is 12.8. The van der Waals surface area contributed by atoms with E-state index in [1.165, 1.54) is 6.33 Å². The van der Waals surface area contributed by atoms with Gasteiger partial charge in [0.1, 0.15) is 5.69 Å². The van der Waals surface area contributed by atoms with Crippen molar-refractivity contribution in [1.82, 2.24) is 25.1 Å². The van der Waals surface area contributed by atoms with Gasteiger partial charge in [-0.15, -0.1) is 0 Å². The van der Waals surface area contributed by atoms with Crippen molar-refractivity contribution in [1.29, 1.82) is 0 Å². The molecule has 4 rings (SSSR count). The minimum absolute atomic E-state index is 0.0332. The zero-order chi connectivity index (χ0) is 27.9. The largest absolute Gasteiger partial charge is 0.502 e. The summed E-state index contributed by atoms with van der Waals surface area (Å²) >= 11 is 0. The molecular formula is C29H31N5O5. The highest BCUT2D eigenvalue weighted by molar-refractivity contribution is 5.94. The number of urea groups is 1. The molecule has 202 valence electrons. The number of hydrogen-bond acceptors (Lipinski definition) is 6. The SMILES string of the molecule is COCCNC(=O)c1ccc(C#Cc2ccc(C3CN(Cc4nc[nH]c(=O)c4O)C(=O)N3C(C)C)cc2)cc1. The van der Waals surface area contributed by atoms with Crippen molar-refractivity contribution >= 4 is 11.9 Å². The number of aromatic amines is 1. The van der Waals surface area contributed by atoms with Gasteiger partial charge in [-0.1, -0.05) is 24.0 Å². The van der Waals surface area contributed by atoms with E-state index >= 15 is 0 Å². The van der Waals surface area contributed by atoms with Crippen molar-refractivity contribution in [3.63, 3.8) is 0 Å². The summed E-state index contributed by atoms with van der Waals surface area (Å²) in [6, 6.07) is 14.4. The Morgan fingerprint density at radius 1 is 1.13 bits per heavy atom. The lowest BCUT2D eigenvalue weighted by molar-refractivity contribution is 0.0937. The van der Waals surface area contributed by atoms with Crippen LogP contribution in [0.2, 0.25) is 0 Å². The predicted molar refractivity (Wildman–Crippen MR) is 145 cm³/mol. The van der Waals surface area contributed by atoms with Crippen molar-refractivity contribution in [2.24, 2.45) is 0 Å². The Hall–Kier alpha value is -4.62. The van der Waals surface area contributed by atoms with Crippen LogP contribution in [0.25, 0.3) is 0 Å². The highest BCUT2D eigenvalue weighted by Gasteiger charge is 2.39. The molecule has 1 unspecified atom stereocenters. The zero-order valence-corrected chi connectivity index (χ0v) is 22.1. The summed E-state index contributed by atoms with van der Waals surface area (Å²) in [5.74, 6) is 5.61. The number of methoxy groups -OCH3 is 1. The summed E-state index contributed by atoms with van der Waals surface area (Å²) in [7, 11) is 1.58. The van der Waals surface area contributed by atoms with E-state index in [0.717, 1.165) is 16.7 Å². The lowest BCUT2D eigenvalue weighted by Gasteiger charge is -2.27. The molecule has 3 aromatic rings. The monoisotopic (exact) mass is 529 g/mol. The molecule has 3 amide bonds. The molecule has 39 heavy (non-hydrogen) atoms. The molecule has 1 atom stereocenters. The Labute approximate surface area is 226 Å². The highest BCUT2D eigenvalue weighted by Crippen LogP contribution is 2.33. The fourth-order valence-corrected chi connectivity index (χ4v) is 4.38. The molecule has 0 spiro atoms. The molecule has 1 aromatic heterocycles. The van der Waals surface area contributed by atoms with Crippen LogP contribution in [0.15, 0.2) is 59.7 Å². The van der Waals surface area contributed by atoms with Gasteiger partial charge in [-0.3, -0.25) is 9.59 Å². The molecular weight excluding hydrogens is 498 g/mol. The molecule has 2 aromatic carbocycles. The minimum atomic E-state index is -0.639. The van der Waals surface area contributed by atoms with Gasteiger partial charge in [-0.2, -0.15) is 0 Å². The van der Waals surface area contributed by atoms with E-state index in [1.807, 2.05) is 38.1 Å². The number of amides is 3. The summed E-state index contributed by atoms with van der Waals surface area (Å²) in [6.07, 6.45) is 1.21. The van der Waals surface area contributed by atoms with Gasteiger partial charge in [-0.05, 0) is 55.8 Å². The number of hydrogen-bond donors (Lipinski definition) is 3. The number of ether oxygens (including phenoxy) is 1. The average Bonchev–Trinajstić information content (AvgIpc) is 3.26. The molecule has 1 fully saturated rings. The topological polar surface area (TPSA) is 128 Å². The third-order valence-corrected chi connectivity index (χ3v) is 6.41. The van der Waals surface area contributed by atoms with Gasteiger partial charge in [0, 0.05) is 42.9 Å². The third kappa shape index (κ3) is 6.45. The van der Waals surface area contributed by atoms with Gasteiger partial charge >= 0.3 is 6.03 Å². The van der Waals surface area contributed by atoms with E-state index in [1.54, 1.807) is 41.2 Å². The fourth-order valence-electron chi connectivity index (χ4n) is 4.38. The first kappa shape index (κ1) is 27.4. The molecule has 3 N–H and O–H groups in total. The van der Waals surface area contributed by atoms with Crippen molar-refractivity contribution < 1.29 is 19.4 Å². The second kappa shape index (κ2) is 12.3. The smallest absolute Gasteiger partial charge is 0.321 e. The summed E-state index contributed by atoms with van der Waals surface area (Å²) in [4.78, 5) is 46.8. The maximum absolute atomic E-state index is 13.2. The van der Waals surface area contributed by atoms with Crippen LogP contribution in [-0.2, 0) is 11.3 Å². The van der Waals surface area contributed by atoms with Crippen LogP contribution in [0.3, 0.4) is 0 Å². The molecule has 10 heteroatoms. The molecule has 1 aliphatic heterocycles. The lowest BCUT2D eigenvalue weighted by atomic mass is 10.0. The lowest BCUT2D eigenvalue weighted by Crippen LogP contribution is -2.37. The molecule has 1 saturated heterocycles. The number of carbonyl (C=O) groups is 2. The fraction of sp³-hybridized carbons (Fsp3) is 0.310. The Balaban J connectivity index is 1.45. The van der Waals surface area contributed by atoms with Crippen molar-refractivity contribution in [2.75, 3.05) is 26.8 Å². The maximum Gasteiger partial charge on any atom is 0.321 e. The first-order chi connectivity index (χ1) is 18.8. The minimum Gasteiger partial charge on any atom is -0.502 e. The normalized spacial score (nSPS) is 14.9. The second-order valence-corrected chi connectivity index (χ2v) is 9.40. The molecule has 1 aliphatic rings. The molecule has 0 bridgehead atoms. The number of nitrogens with one attached hydrogen (secondary N) is 2. The van der Waals surface area contributed by atoms with Gasteiger partial charge in [-0.25, -0.2) is 9.78 Å². The van der Waals surface area contributed by atoms with Gasteiger partial charge < -0.3 is 29.9 Å². The number of aromatic hydroxyl groups is 1. The van der Waals surface area contributed by atoms with Crippen molar-refractivity contribution in [3.05, 3.63) is 93.2 Å². The van der Waals surface area contributed by atoms with Crippen LogP contribution in [0.5, 0.6) is 5.75 Å². The van der Waals surface area contributed by atoms with Crippen LogP contribution in [0.1, 0.15) is 52.6 Å². The molecule has 0 saturated carbocycles. The summed E-state index contributed by atoms with van der Waals surface area (Å²) in [5.41, 5.74) is 2.63. The van der Waals surface area contributed by atoms with Gasteiger partial charge in [0.15, 0.2) is 0 Å². The third-order valence-electron chi connectivity index (χ3n) is 6.41. The van der Waals surface area contributed by atoms with Crippen LogP contribution in [-0.4, -0.2) is 69.7 Å². The van der Waals surface area contributed by atoms with E-state index in [9.17, 15) is 19.5 Å². The molecule has 10 nitrogen and oxygen atoms in total. The Morgan fingerprint density at radius 3 is 2.38 bits per heavy atom. The van der Waals surface area contributed by atoms with Gasteiger partial charge in [0.2, 0.25) is 5.75 Å². The Bertz CT molecular complexity index is 1440. The summed E-state index contributed by atoms with van der Waals surface area (Å²) in [6.45, 7) is 5.23. The number of H-pyrrole nitrogens is 1. The van der Waals surface area contributed by atoms with Crippen molar-refractivity contribution in [3.8, 4) is 17.6 Å². The Kier molecular flexibility index (Phi) is 8.63. The van der Waals surface area contributed by atoms with E-state index in [-0.39, 0.29) is 36.3 Å². The molecule has 2 heterocycles. The van der Waals surface area contributed by atoms with E-state index in [0.29, 0.717) is 25.3 Å². The van der Waals surface area contributed by atoms with Gasteiger partial charge in [0.25, 0.3) is 11.5 Å². The number of rotatable bonds is 8. The summed E-state index contributed by atoms with van der Waals surface area (Å²) < 4.78 is 4.94. The van der Waals surface area contributed by atoms with E-state index in [2.05, 4.69) is 27.1 Å². The first-order valence-corrected chi connectivity index (χ1v) is 12.6. The van der Waals surface area contributed by atoms with Gasteiger partial charge in [0.05, 0.1) is 25.5 Å². The van der Waals surface area contributed by atoms with E-state index in [4.69, 9.17) is 4.74 Å². The standard InChI is InChI=1S/C29H31N5O5/c1-19(2)34-25(17-33(29(34)38)16-24-26(35)28(37)32-18-31-24)22-10-6-20(7-11-22)4-5-21-8-12-23(13-9-21)27(36)30-14-15-39-3/h6-13,18-19,25,35H,14-17H2,1-3H3,(H,30,36)(H,31,32,37). The zero-order valence-electron chi connectivity index (χ0n) is 22.1. The quantitative estimate of drug-likeness (QED) is 0.304. The number of carbonyl (C=O) groups excluding carboxylic acids is 2. The van der Waals surface area contributed by atoms with Crippen LogP contribution < -0.4 is 10.9 Å². The number of nitrogens with zero attached hydrogens (tertiary/aromatic N) is 3. The first-order valence-electron chi connectivity index (χ1n) is 12.6. The van der Waals surface area contributed by atoms with Crippen LogP contribution in [0.4, 0.5) is 4.79 Å². The second-order valence-electron chi connectivity index (χ2n) is 9.40.